The SMILES string of the molecule is CNCC(C)C(=O)Nc1cccc(OCc2ccccn2)c1.Cl.Cl. The molecule has 0 fully saturated rings. The number of nitrogens with one attached hydrogen (secondary N) is 2. The summed E-state index contributed by atoms with van der Waals surface area (Å²) in [5, 5.41) is 5.88. The summed E-state index contributed by atoms with van der Waals surface area (Å²) in [6.07, 6.45) is 1.73. The van der Waals surface area contributed by atoms with Crippen molar-refractivity contribution in [1.82, 2.24) is 10.3 Å². The summed E-state index contributed by atoms with van der Waals surface area (Å²) in [6.45, 7) is 2.92. The van der Waals surface area contributed by atoms with E-state index in [4.69, 9.17) is 4.74 Å². The zero-order chi connectivity index (χ0) is 15.8. The Morgan fingerprint density at radius 3 is 2.67 bits per heavy atom. The average molecular weight is 372 g/mol. The number of halogens is 2. The molecule has 0 saturated carbocycles. The van der Waals surface area contributed by atoms with E-state index in [1.165, 1.54) is 0 Å². The minimum absolute atomic E-state index is 0. The van der Waals surface area contributed by atoms with Crippen LogP contribution in [0.5, 0.6) is 5.75 Å². The number of ether oxygens (including phenoxy) is 1. The number of carbonyl (C=O) groups excluding carboxylic acids is 1. The Bertz CT molecular complexity index is 612. The lowest BCUT2D eigenvalue weighted by atomic mass is 10.1. The van der Waals surface area contributed by atoms with E-state index in [-0.39, 0.29) is 36.6 Å². The molecule has 0 aliphatic carbocycles. The van der Waals surface area contributed by atoms with E-state index in [1.54, 1.807) is 6.20 Å². The maximum atomic E-state index is 12.0. The number of pyridine rings is 1. The quantitative estimate of drug-likeness (QED) is 0.783. The second-order valence-corrected chi connectivity index (χ2v) is 5.09. The van der Waals surface area contributed by atoms with Gasteiger partial charge in [0.1, 0.15) is 12.4 Å². The third-order valence-corrected chi connectivity index (χ3v) is 3.17. The molecule has 2 aromatic rings. The molecule has 5 nitrogen and oxygen atoms in total. The molecule has 1 heterocycles. The second kappa shape index (κ2) is 11.7. The lowest BCUT2D eigenvalue weighted by Crippen LogP contribution is -2.28. The van der Waals surface area contributed by atoms with Crippen molar-refractivity contribution >= 4 is 36.4 Å². The average Bonchev–Trinajstić information content (AvgIpc) is 2.54. The number of benzene rings is 1. The molecule has 0 aliphatic heterocycles. The predicted molar refractivity (Wildman–Crippen MR) is 101 cm³/mol. The molecular weight excluding hydrogens is 349 g/mol. The Morgan fingerprint density at radius 2 is 2.00 bits per heavy atom. The smallest absolute Gasteiger partial charge is 0.228 e. The molecule has 1 aromatic heterocycles. The number of anilines is 1. The van der Waals surface area contributed by atoms with Gasteiger partial charge in [-0.1, -0.05) is 19.1 Å². The van der Waals surface area contributed by atoms with Crippen molar-refractivity contribution in [1.29, 1.82) is 0 Å². The van der Waals surface area contributed by atoms with Gasteiger partial charge >= 0.3 is 0 Å². The van der Waals surface area contributed by atoms with E-state index in [2.05, 4.69) is 15.6 Å². The van der Waals surface area contributed by atoms with Gasteiger partial charge in [0.2, 0.25) is 5.91 Å². The summed E-state index contributed by atoms with van der Waals surface area (Å²) in [6, 6.07) is 13.1. The first kappa shape index (κ1) is 22.2. The summed E-state index contributed by atoms with van der Waals surface area (Å²) in [4.78, 5) is 16.2. The highest BCUT2D eigenvalue weighted by atomic mass is 35.5. The van der Waals surface area contributed by atoms with Crippen LogP contribution >= 0.6 is 24.8 Å². The molecule has 24 heavy (non-hydrogen) atoms. The summed E-state index contributed by atoms with van der Waals surface area (Å²) in [5.41, 5.74) is 1.59. The summed E-state index contributed by atoms with van der Waals surface area (Å²) in [5.74, 6) is 0.587. The van der Waals surface area contributed by atoms with Crippen LogP contribution in [-0.2, 0) is 11.4 Å². The number of amides is 1. The van der Waals surface area contributed by atoms with Crippen LogP contribution in [0, 0.1) is 5.92 Å². The monoisotopic (exact) mass is 371 g/mol. The van der Waals surface area contributed by atoms with Crippen molar-refractivity contribution in [2.24, 2.45) is 5.92 Å². The maximum Gasteiger partial charge on any atom is 0.228 e. The molecule has 1 aromatic carbocycles. The predicted octanol–water partition coefficient (Wildman–Crippen LogP) is 3.30. The number of carbonyl (C=O) groups is 1. The van der Waals surface area contributed by atoms with Crippen molar-refractivity contribution in [3.8, 4) is 5.75 Å². The lowest BCUT2D eigenvalue weighted by Gasteiger charge is -2.12. The normalized spacial score (nSPS) is 10.8. The van der Waals surface area contributed by atoms with Gasteiger partial charge in [-0.2, -0.15) is 0 Å². The number of hydrogen-bond acceptors (Lipinski definition) is 4. The van der Waals surface area contributed by atoms with Gasteiger partial charge in [0.05, 0.1) is 5.69 Å². The molecule has 1 atom stereocenters. The van der Waals surface area contributed by atoms with Crippen LogP contribution in [0.3, 0.4) is 0 Å². The van der Waals surface area contributed by atoms with Crippen LogP contribution in [0.2, 0.25) is 0 Å². The highest BCUT2D eigenvalue weighted by molar-refractivity contribution is 5.92. The first-order chi connectivity index (χ1) is 10.7. The lowest BCUT2D eigenvalue weighted by molar-refractivity contribution is -0.119. The van der Waals surface area contributed by atoms with Gasteiger partial charge < -0.3 is 15.4 Å². The number of hydrogen-bond donors (Lipinski definition) is 2. The van der Waals surface area contributed by atoms with E-state index in [0.29, 0.717) is 18.9 Å². The largest absolute Gasteiger partial charge is 0.487 e. The molecule has 132 valence electrons. The van der Waals surface area contributed by atoms with Crippen molar-refractivity contribution < 1.29 is 9.53 Å². The Kier molecular flexibility index (Phi) is 10.8. The van der Waals surface area contributed by atoms with E-state index in [1.807, 2.05) is 56.4 Å². The summed E-state index contributed by atoms with van der Waals surface area (Å²) < 4.78 is 5.70. The van der Waals surface area contributed by atoms with Crippen molar-refractivity contribution in [2.75, 3.05) is 18.9 Å². The first-order valence-electron chi connectivity index (χ1n) is 7.27. The molecule has 0 saturated heterocycles. The van der Waals surface area contributed by atoms with Crippen molar-refractivity contribution in [3.63, 3.8) is 0 Å². The van der Waals surface area contributed by atoms with Crippen LogP contribution in [0.15, 0.2) is 48.7 Å². The van der Waals surface area contributed by atoms with E-state index in [9.17, 15) is 4.79 Å². The molecule has 1 amide bonds. The van der Waals surface area contributed by atoms with Gasteiger partial charge in [0.25, 0.3) is 0 Å². The Balaban J connectivity index is 0.00000264. The van der Waals surface area contributed by atoms with Crippen molar-refractivity contribution in [3.05, 3.63) is 54.4 Å². The molecule has 7 heteroatoms. The van der Waals surface area contributed by atoms with E-state index in [0.717, 1.165) is 11.4 Å². The molecule has 0 bridgehead atoms. The van der Waals surface area contributed by atoms with E-state index >= 15 is 0 Å². The second-order valence-electron chi connectivity index (χ2n) is 5.09. The highest BCUT2D eigenvalue weighted by Crippen LogP contribution is 2.19. The Morgan fingerprint density at radius 1 is 1.21 bits per heavy atom. The molecule has 0 spiro atoms. The van der Waals surface area contributed by atoms with Gasteiger partial charge in [0, 0.05) is 30.4 Å². The molecule has 2 N–H and O–H groups in total. The topological polar surface area (TPSA) is 63.2 Å². The fourth-order valence-corrected chi connectivity index (χ4v) is 1.97. The third-order valence-electron chi connectivity index (χ3n) is 3.17. The molecule has 1 unspecified atom stereocenters. The minimum atomic E-state index is -0.0944. The van der Waals surface area contributed by atoms with Gasteiger partial charge in [-0.25, -0.2) is 0 Å². The van der Waals surface area contributed by atoms with Gasteiger partial charge in [0.15, 0.2) is 0 Å². The summed E-state index contributed by atoms with van der Waals surface area (Å²) in [7, 11) is 1.83. The van der Waals surface area contributed by atoms with Gasteiger partial charge in [-0.3, -0.25) is 9.78 Å². The van der Waals surface area contributed by atoms with Gasteiger partial charge in [-0.15, -0.1) is 24.8 Å². The number of aromatic nitrogens is 1. The standard InChI is InChI=1S/C17H21N3O2.2ClH/c1-13(11-18-2)17(21)20-14-7-5-8-16(10-14)22-12-15-6-3-4-9-19-15;;/h3-10,13,18H,11-12H2,1-2H3,(H,20,21);2*1H. The number of rotatable bonds is 7. The first-order valence-corrected chi connectivity index (χ1v) is 7.27. The fraction of sp³-hybridized carbons (Fsp3) is 0.294. The third kappa shape index (κ3) is 7.17. The minimum Gasteiger partial charge on any atom is -0.487 e. The summed E-state index contributed by atoms with van der Waals surface area (Å²) >= 11 is 0. The Hall–Kier alpha value is -1.82. The Labute approximate surface area is 155 Å². The van der Waals surface area contributed by atoms with Crippen LogP contribution < -0.4 is 15.4 Å². The van der Waals surface area contributed by atoms with Crippen molar-refractivity contribution in [2.45, 2.75) is 13.5 Å². The van der Waals surface area contributed by atoms with Crippen LogP contribution in [0.4, 0.5) is 5.69 Å². The molecule has 2 rings (SSSR count). The fourth-order valence-electron chi connectivity index (χ4n) is 1.97. The molecule has 0 aliphatic rings. The van der Waals surface area contributed by atoms with Crippen LogP contribution in [0.25, 0.3) is 0 Å². The van der Waals surface area contributed by atoms with Gasteiger partial charge in [-0.05, 0) is 31.3 Å². The molecule has 0 radical (unpaired) electrons. The number of nitrogens with zero attached hydrogens (tertiary/aromatic N) is 1. The van der Waals surface area contributed by atoms with Crippen LogP contribution in [-0.4, -0.2) is 24.5 Å². The van der Waals surface area contributed by atoms with E-state index < -0.39 is 0 Å². The highest BCUT2D eigenvalue weighted by Gasteiger charge is 2.12. The van der Waals surface area contributed by atoms with Crippen LogP contribution in [0.1, 0.15) is 12.6 Å². The zero-order valence-electron chi connectivity index (χ0n) is 13.7. The zero-order valence-corrected chi connectivity index (χ0v) is 15.3. The maximum absolute atomic E-state index is 12.0. The molecular formula is C17H23Cl2N3O2.